The lowest BCUT2D eigenvalue weighted by Gasteiger charge is -1.99. The minimum absolute atomic E-state index is 0.00971. The topological polar surface area (TPSA) is 109 Å². The molecule has 1 aromatic heterocycles. The number of carboxylic acid groups (broad SMARTS) is 1. The molecule has 0 amide bonds. The fraction of sp³-hybridized carbons (Fsp3) is 0.0909. The number of rotatable bonds is 3. The van der Waals surface area contributed by atoms with E-state index in [1.165, 1.54) is 18.2 Å². The van der Waals surface area contributed by atoms with Crippen molar-refractivity contribution in [2.24, 2.45) is 0 Å². The molecule has 98 valence electrons. The molecule has 2 N–H and O–H groups in total. The fourth-order valence-electron chi connectivity index (χ4n) is 1.61. The molecule has 0 radical (unpaired) electrons. The number of carboxylic acids is 1. The molecule has 0 aliphatic carbocycles. The van der Waals surface area contributed by atoms with Gasteiger partial charge in [-0.15, -0.1) is 0 Å². The van der Waals surface area contributed by atoms with E-state index in [-0.39, 0.29) is 22.2 Å². The van der Waals surface area contributed by atoms with E-state index in [1.54, 1.807) is 6.92 Å². The molecule has 0 spiro atoms. The predicted octanol–water partition coefficient (Wildman–Crippen LogP) is 2.64. The van der Waals surface area contributed by atoms with Crippen molar-refractivity contribution < 1.29 is 14.8 Å². The van der Waals surface area contributed by atoms with Gasteiger partial charge in [-0.05, 0) is 19.1 Å². The summed E-state index contributed by atoms with van der Waals surface area (Å²) in [7, 11) is 0. The van der Waals surface area contributed by atoms with Crippen molar-refractivity contribution in [2.45, 2.75) is 6.92 Å². The number of carbonyl (C=O) groups is 1. The van der Waals surface area contributed by atoms with Crippen LogP contribution in [-0.4, -0.2) is 26.0 Å². The van der Waals surface area contributed by atoms with Gasteiger partial charge in [0.25, 0.3) is 5.69 Å². The van der Waals surface area contributed by atoms with Crippen LogP contribution in [0.1, 0.15) is 16.2 Å². The van der Waals surface area contributed by atoms with Gasteiger partial charge in [-0.25, -0.2) is 9.78 Å². The van der Waals surface area contributed by atoms with Gasteiger partial charge < -0.3 is 10.1 Å². The van der Waals surface area contributed by atoms with Crippen LogP contribution in [0.4, 0.5) is 5.69 Å². The Morgan fingerprint density at radius 2 is 2.21 bits per heavy atom. The highest BCUT2D eigenvalue weighted by Gasteiger charge is 2.18. The number of nitro benzene ring substituents is 1. The molecule has 2 aromatic rings. The minimum atomic E-state index is -1.16. The zero-order valence-electron chi connectivity index (χ0n) is 9.68. The molecule has 0 aliphatic heterocycles. The van der Waals surface area contributed by atoms with Crippen LogP contribution in [0.15, 0.2) is 18.2 Å². The molecular weight excluding hydrogens is 274 g/mol. The van der Waals surface area contributed by atoms with Gasteiger partial charge in [0.1, 0.15) is 10.8 Å². The quantitative estimate of drug-likeness (QED) is 0.664. The van der Waals surface area contributed by atoms with E-state index < -0.39 is 10.9 Å². The lowest BCUT2D eigenvalue weighted by atomic mass is 10.2. The van der Waals surface area contributed by atoms with Gasteiger partial charge in [-0.1, -0.05) is 11.6 Å². The predicted molar refractivity (Wildman–Crippen MR) is 67.4 cm³/mol. The van der Waals surface area contributed by atoms with Gasteiger partial charge in [0, 0.05) is 17.3 Å². The lowest BCUT2D eigenvalue weighted by molar-refractivity contribution is -0.384. The number of nitro groups is 1. The molecule has 0 saturated carbocycles. The zero-order valence-corrected chi connectivity index (χ0v) is 10.4. The highest BCUT2D eigenvalue weighted by Crippen LogP contribution is 2.29. The SMILES string of the molecule is Cc1[nH]c(-c2ccc(Cl)c([N+](=O)[O-])c2)nc1C(=O)O. The van der Waals surface area contributed by atoms with E-state index >= 15 is 0 Å². The molecule has 8 heteroatoms. The van der Waals surface area contributed by atoms with Crippen molar-refractivity contribution >= 4 is 23.3 Å². The third-order valence-electron chi connectivity index (χ3n) is 2.50. The summed E-state index contributed by atoms with van der Waals surface area (Å²) in [5.74, 6) is -0.918. The summed E-state index contributed by atoms with van der Waals surface area (Å²) in [6.45, 7) is 1.56. The van der Waals surface area contributed by atoms with Gasteiger partial charge in [0.15, 0.2) is 5.69 Å². The molecule has 0 fully saturated rings. The van der Waals surface area contributed by atoms with Crippen LogP contribution in [0.2, 0.25) is 5.02 Å². The summed E-state index contributed by atoms with van der Waals surface area (Å²) in [5.41, 5.74) is 0.393. The van der Waals surface area contributed by atoms with Crippen molar-refractivity contribution in [2.75, 3.05) is 0 Å². The largest absolute Gasteiger partial charge is 0.476 e. The summed E-state index contributed by atoms with van der Waals surface area (Å²) in [6.07, 6.45) is 0. The molecular formula is C11H8ClN3O4. The number of H-pyrrole nitrogens is 1. The van der Waals surface area contributed by atoms with Crippen molar-refractivity contribution in [1.29, 1.82) is 0 Å². The van der Waals surface area contributed by atoms with E-state index in [4.69, 9.17) is 16.7 Å². The maximum atomic E-state index is 10.9. The summed E-state index contributed by atoms with van der Waals surface area (Å²) in [4.78, 5) is 27.7. The molecule has 19 heavy (non-hydrogen) atoms. The summed E-state index contributed by atoms with van der Waals surface area (Å²) < 4.78 is 0. The average molecular weight is 282 g/mol. The summed E-state index contributed by atoms with van der Waals surface area (Å²) in [5, 5.41) is 19.7. The number of hydrogen-bond acceptors (Lipinski definition) is 4. The molecule has 1 heterocycles. The van der Waals surface area contributed by atoms with E-state index in [0.717, 1.165) is 0 Å². The van der Waals surface area contributed by atoms with Crippen molar-refractivity contribution in [3.63, 3.8) is 0 Å². The van der Waals surface area contributed by atoms with Crippen LogP contribution in [0.3, 0.4) is 0 Å². The van der Waals surface area contributed by atoms with Gasteiger partial charge >= 0.3 is 5.97 Å². The van der Waals surface area contributed by atoms with E-state index in [1.807, 2.05) is 0 Å². The molecule has 0 saturated heterocycles. The molecule has 0 bridgehead atoms. The first-order valence-corrected chi connectivity index (χ1v) is 5.52. The number of aromatic amines is 1. The highest BCUT2D eigenvalue weighted by molar-refractivity contribution is 6.32. The molecule has 0 atom stereocenters. The van der Waals surface area contributed by atoms with E-state index in [0.29, 0.717) is 11.3 Å². The Labute approximate surface area is 112 Å². The number of aryl methyl sites for hydroxylation is 1. The second kappa shape index (κ2) is 4.69. The Hall–Kier alpha value is -2.41. The number of halogens is 1. The van der Waals surface area contributed by atoms with Crippen LogP contribution < -0.4 is 0 Å². The van der Waals surface area contributed by atoms with Crippen molar-refractivity contribution in [1.82, 2.24) is 9.97 Å². The highest BCUT2D eigenvalue weighted by atomic mass is 35.5. The number of nitrogens with one attached hydrogen (secondary N) is 1. The third-order valence-corrected chi connectivity index (χ3v) is 2.82. The Balaban J connectivity index is 2.53. The number of aromatic carboxylic acids is 1. The molecule has 0 aliphatic rings. The number of aromatic nitrogens is 2. The first kappa shape index (κ1) is 13.0. The second-order valence-corrected chi connectivity index (χ2v) is 4.19. The first-order chi connectivity index (χ1) is 8.90. The molecule has 2 rings (SSSR count). The van der Waals surface area contributed by atoms with E-state index in [2.05, 4.69) is 9.97 Å². The summed E-state index contributed by atoms with van der Waals surface area (Å²) >= 11 is 5.70. The average Bonchev–Trinajstić information content (AvgIpc) is 2.71. The van der Waals surface area contributed by atoms with Gasteiger partial charge in [0.05, 0.1) is 4.92 Å². The maximum Gasteiger partial charge on any atom is 0.356 e. The van der Waals surface area contributed by atoms with Gasteiger partial charge in [-0.2, -0.15) is 0 Å². The summed E-state index contributed by atoms with van der Waals surface area (Å²) in [6, 6.07) is 4.14. The second-order valence-electron chi connectivity index (χ2n) is 3.79. The third kappa shape index (κ3) is 2.41. The van der Waals surface area contributed by atoms with Gasteiger partial charge in [0.2, 0.25) is 0 Å². The lowest BCUT2D eigenvalue weighted by Crippen LogP contribution is -1.98. The number of benzene rings is 1. The standard InChI is InChI=1S/C11H8ClN3O4/c1-5-9(11(16)17)14-10(13-5)6-2-3-7(12)8(4-6)15(18)19/h2-4H,1H3,(H,13,14)(H,16,17). The Kier molecular flexibility index (Phi) is 3.22. The monoisotopic (exact) mass is 281 g/mol. The van der Waals surface area contributed by atoms with Crippen LogP contribution >= 0.6 is 11.6 Å². The molecule has 7 nitrogen and oxygen atoms in total. The van der Waals surface area contributed by atoms with Crippen LogP contribution in [0.5, 0.6) is 0 Å². The Morgan fingerprint density at radius 3 is 2.74 bits per heavy atom. The number of nitrogens with zero attached hydrogens (tertiary/aromatic N) is 2. The smallest absolute Gasteiger partial charge is 0.356 e. The van der Waals surface area contributed by atoms with Crippen LogP contribution in [0, 0.1) is 17.0 Å². The van der Waals surface area contributed by atoms with E-state index in [9.17, 15) is 14.9 Å². The normalized spacial score (nSPS) is 10.4. The van der Waals surface area contributed by atoms with Crippen LogP contribution in [-0.2, 0) is 0 Å². The Morgan fingerprint density at radius 1 is 1.53 bits per heavy atom. The van der Waals surface area contributed by atoms with Crippen LogP contribution in [0.25, 0.3) is 11.4 Å². The zero-order chi connectivity index (χ0) is 14.2. The number of hydrogen-bond donors (Lipinski definition) is 2. The number of imidazole rings is 1. The Bertz CT molecular complexity index is 681. The fourth-order valence-corrected chi connectivity index (χ4v) is 1.79. The van der Waals surface area contributed by atoms with Crippen molar-refractivity contribution in [3.8, 4) is 11.4 Å². The maximum absolute atomic E-state index is 10.9. The van der Waals surface area contributed by atoms with Gasteiger partial charge in [-0.3, -0.25) is 10.1 Å². The van der Waals surface area contributed by atoms with Crippen molar-refractivity contribution in [3.05, 3.63) is 44.7 Å². The minimum Gasteiger partial charge on any atom is -0.476 e. The first-order valence-electron chi connectivity index (χ1n) is 5.14. The molecule has 0 unspecified atom stereocenters. The molecule has 1 aromatic carbocycles.